The summed E-state index contributed by atoms with van der Waals surface area (Å²) < 4.78 is 0. The Morgan fingerprint density at radius 2 is 1.80 bits per heavy atom. The lowest BCUT2D eigenvalue weighted by Crippen LogP contribution is -2.29. The first-order valence-corrected chi connectivity index (χ1v) is 8.62. The molecule has 0 atom stereocenters. The summed E-state index contributed by atoms with van der Waals surface area (Å²) in [6, 6.07) is 19.9. The Morgan fingerprint density at radius 1 is 1.08 bits per heavy atom. The molecule has 2 nitrogen and oxygen atoms in total. The topological polar surface area (TPSA) is 20.3 Å². The lowest BCUT2D eigenvalue weighted by Gasteiger charge is -2.26. The number of rotatable bonds is 5. The third-order valence-electron chi connectivity index (χ3n) is 4.25. The van der Waals surface area contributed by atoms with E-state index >= 15 is 0 Å². The number of amides is 1. The zero-order chi connectivity index (χ0) is 17.8. The van der Waals surface area contributed by atoms with Gasteiger partial charge in [0.1, 0.15) is 0 Å². The Balaban J connectivity index is 2.14. The SMILES string of the molecule is C=CCc1ccc2ccccc2c1N(Cc1ccc(Cl)cc1)C(C)=O. The molecule has 3 rings (SSSR count). The summed E-state index contributed by atoms with van der Waals surface area (Å²) in [5.74, 6) is 0.0108. The molecule has 0 aromatic heterocycles. The van der Waals surface area contributed by atoms with E-state index in [2.05, 4.69) is 30.8 Å². The number of hydrogen-bond acceptors (Lipinski definition) is 1. The summed E-state index contributed by atoms with van der Waals surface area (Å²) in [6.45, 7) is 5.97. The number of benzene rings is 3. The summed E-state index contributed by atoms with van der Waals surface area (Å²) in [4.78, 5) is 14.3. The smallest absolute Gasteiger partial charge is 0.224 e. The number of nitrogens with zero attached hydrogens (tertiary/aromatic N) is 1. The van der Waals surface area contributed by atoms with Gasteiger partial charge in [-0.05, 0) is 35.1 Å². The Morgan fingerprint density at radius 3 is 2.48 bits per heavy atom. The van der Waals surface area contributed by atoms with Gasteiger partial charge in [-0.2, -0.15) is 0 Å². The summed E-state index contributed by atoms with van der Waals surface area (Å²) in [6.07, 6.45) is 2.58. The fourth-order valence-corrected chi connectivity index (χ4v) is 3.19. The van der Waals surface area contributed by atoms with Crippen molar-refractivity contribution >= 4 is 34.0 Å². The molecule has 3 heteroatoms. The molecule has 3 aromatic carbocycles. The van der Waals surface area contributed by atoms with Gasteiger partial charge in [0.2, 0.25) is 5.91 Å². The Labute approximate surface area is 153 Å². The summed E-state index contributed by atoms with van der Waals surface area (Å²) in [7, 11) is 0. The quantitative estimate of drug-likeness (QED) is 0.535. The van der Waals surface area contributed by atoms with Crippen molar-refractivity contribution in [2.75, 3.05) is 4.90 Å². The number of halogens is 1. The molecule has 1 amide bonds. The van der Waals surface area contributed by atoms with Crippen molar-refractivity contribution in [1.29, 1.82) is 0 Å². The molecule has 3 aromatic rings. The van der Waals surface area contributed by atoms with E-state index in [1.807, 2.05) is 47.4 Å². The van der Waals surface area contributed by atoms with Crippen LogP contribution in [0.5, 0.6) is 0 Å². The maximum atomic E-state index is 12.5. The minimum atomic E-state index is 0.0108. The molecular weight excluding hydrogens is 330 g/mol. The average Bonchev–Trinajstić information content (AvgIpc) is 2.61. The fourth-order valence-electron chi connectivity index (χ4n) is 3.06. The summed E-state index contributed by atoms with van der Waals surface area (Å²) in [5, 5.41) is 2.88. The van der Waals surface area contributed by atoms with Crippen LogP contribution in [0, 0.1) is 0 Å². The predicted octanol–water partition coefficient (Wildman–Crippen LogP) is 5.77. The van der Waals surface area contributed by atoms with Gasteiger partial charge < -0.3 is 4.90 Å². The Hall–Kier alpha value is -2.58. The second-order valence-corrected chi connectivity index (χ2v) is 6.46. The van der Waals surface area contributed by atoms with Gasteiger partial charge in [0, 0.05) is 17.3 Å². The molecule has 0 aliphatic carbocycles. The second-order valence-electron chi connectivity index (χ2n) is 6.02. The number of carbonyl (C=O) groups excluding carboxylic acids is 1. The fraction of sp³-hybridized carbons (Fsp3) is 0.136. The lowest BCUT2D eigenvalue weighted by molar-refractivity contribution is -0.116. The average molecular weight is 350 g/mol. The van der Waals surface area contributed by atoms with E-state index in [-0.39, 0.29) is 5.91 Å². The maximum Gasteiger partial charge on any atom is 0.224 e. The number of fused-ring (bicyclic) bond motifs is 1. The van der Waals surface area contributed by atoms with Crippen LogP contribution in [0.3, 0.4) is 0 Å². The summed E-state index contributed by atoms with van der Waals surface area (Å²) in [5.41, 5.74) is 3.09. The molecule has 0 aliphatic rings. The van der Waals surface area contributed by atoms with Gasteiger partial charge in [0.05, 0.1) is 12.2 Å². The van der Waals surface area contributed by atoms with Crippen molar-refractivity contribution in [1.82, 2.24) is 0 Å². The number of hydrogen-bond donors (Lipinski definition) is 0. The Kier molecular flexibility index (Phi) is 5.20. The molecule has 0 radical (unpaired) electrons. The normalized spacial score (nSPS) is 10.6. The van der Waals surface area contributed by atoms with E-state index in [0.717, 1.165) is 27.6 Å². The van der Waals surface area contributed by atoms with Gasteiger partial charge in [0.15, 0.2) is 0 Å². The van der Waals surface area contributed by atoms with Crippen LogP contribution < -0.4 is 4.90 Å². The first-order chi connectivity index (χ1) is 12.1. The predicted molar refractivity (Wildman–Crippen MR) is 106 cm³/mol. The summed E-state index contributed by atoms with van der Waals surface area (Å²) >= 11 is 5.98. The highest BCUT2D eigenvalue weighted by atomic mass is 35.5. The molecule has 0 heterocycles. The maximum absolute atomic E-state index is 12.5. The number of allylic oxidation sites excluding steroid dienone is 1. The second kappa shape index (κ2) is 7.54. The minimum Gasteiger partial charge on any atom is -0.307 e. The third kappa shape index (κ3) is 3.75. The van der Waals surface area contributed by atoms with Crippen LogP contribution in [-0.2, 0) is 17.8 Å². The largest absolute Gasteiger partial charge is 0.307 e. The van der Waals surface area contributed by atoms with Crippen LogP contribution in [0.25, 0.3) is 10.8 Å². The molecule has 0 saturated carbocycles. The van der Waals surface area contributed by atoms with Crippen molar-refractivity contribution in [3.05, 3.63) is 89.5 Å². The van der Waals surface area contributed by atoms with Crippen molar-refractivity contribution < 1.29 is 4.79 Å². The standard InChI is InChI=1S/C22H20ClNO/c1-3-6-19-12-11-18-7-4-5-8-21(18)22(19)24(16(2)25)15-17-9-13-20(23)14-10-17/h3-5,7-14H,1,6,15H2,2H3. The molecule has 126 valence electrons. The highest BCUT2D eigenvalue weighted by Gasteiger charge is 2.18. The van der Waals surface area contributed by atoms with Crippen molar-refractivity contribution in [3.63, 3.8) is 0 Å². The van der Waals surface area contributed by atoms with E-state index in [0.29, 0.717) is 18.0 Å². The van der Waals surface area contributed by atoms with Gasteiger partial charge in [-0.1, -0.05) is 66.2 Å². The first-order valence-electron chi connectivity index (χ1n) is 8.24. The van der Waals surface area contributed by atoms with Gasteiger partial charge >= 0.3 is 0 Å². The number of carbonyl (C=O) groups is 1. The van der Waals surface area contributed by atoms with Gasteiger partial charge in [-0.15, -0.1) is 6.58 Å². The van der Waals surface area contributed by atoms with E-state index in [1.54, 1.807) is 6.92 Å². The molecule has 0 N–H and O–H groups in total. The van der Waals surface area contributed by atoms with Crippen molar-refractivity contribution in [2.45, 2.75) is 19.9 Å². The monoisotopic (exact) mass is 349 g/mol. The van der Waals surface area contributed by atoms with Crippen LogP contribution >= 0.6 is 11.6 Å². The van der Waals surface area contributed by atoms with Gasteiger partial charge in [0.25, 0.3) is 0 Å². The van der Waals surface area contributed by atoms with E-state index < -0.39 is 0 Å². The van der Waals surface area contributed by atoms with Crippen LogP contribution in [0.2, 0.25) is 5.02 Å². The first kappa shape index (κ1) is 17.2. The minimum absolute atomic E-state index is 0.0108. The lowest BCUT2D eigenvalue weighted by atomic mass is 10.00. The van der Waals surface area contributed by atoms with E-state index in [9.17, 15) is 4.79 Å². The molecular formula is C22H20ClNO. The molecule has 0 unspecified atom stereocenters. The molecule has 0 spiro atoms. The zero-order valence-electron chi connectivity index (χ0n) is 14.2. The highest BCUT2D eigenvalue weighted by Crippen LogP contribution is 2.33. The highest BCUT2D eigenvalue weighted by molar-refractivity contribution is 6.30. The van der Waals surface area contributed by atoms with Crippen LogP contribution in [0.15, 0.2) is 73.3 Å². The molecule has 0 saturated heterocycles. The molecule has 0 fully saturated rings. The molecule has 0 bridgehead atoms. The Bertz CT molecular complexity index is 915. The van der Waals surface area contributed by atoms with Gasteiger partial charge in [-0.25, -0.2) is 0 Å². The third-order valence-corrected chi connectivity index (χ3v) is 4.50. The van der Waals surface area contributed by atoms with Crippen LogP contribution in [-0.4, -0.2) is 5.91 Å². The van der Waals surface area contributed by atoms with E-state index in [4.69, 9.17) is 11.6 Å². The van der Waals surface area contributed by atoms with Crippen LogP contribution in [0.4, 0.5) is 5.69 Å². The number of anilines is 1. The van der Waals surface area contributed by atoms with Crippen molar-refractivity contribution in [2.24, 2.45) is 0 Å². The van der Waals surface area contributed by atoms with E-state index in [1.165, 1.54) is 0 Å². The molecule has 0 aliphatic heterocycles. The van der Waals surface area contributed by atoms with Gasteiger partial charge in [-0.3, -0.25) is 4.79 Å². The van der Waals surface area contributed by atoms with Crippen molar-refractivity contribution in [3.8, 4) is 0 Å². The zero-order valence-corrected chi connectivity index (χ0v) is 15.0. The van der Waals surface area contributed by atoms with Crippen LogP contribution in [0.1, 0.15) is 18.1 Å². The molecule has 25 heavy (non-hydrogen) atoms.